The summed E-state index contributed by atoms with van der Waals surface area (Å²) in [6.07, 6.45) is 1.30. The van der Waals surface area contributed by atoms with Gasteiger partial charge in [-0.05, 0) is 40.8 Å². The van der Waals surface area contributed by atoms with E-state index in [2.05, 4.69) is 20.8 Å². The maximum absolute atomic E-state index is 13.5. The van der Waals surface area contributed by atoms with Crippen molar-refractivity contribution in [1.29, 1.82) is 0 Å². The van der Waals surface area contributed by atoms with E-state index >= 15 is 0 Å². The van der Waals surface area contributed by atoms with Crippen molar-refractivity contribution in [2.45, 2.75) is 0 Å². The Bertz CT molecular complexity index is 820. The largest absolute Gasteiger partial charge is 0.506 e. The average molecular weight is 299 g/mol. The van der Waals surface area contributed by atoms with Gasteiger partial charge in [0.2, 0.25) is 0 Å². The molecule has 8 heteroatoms. The minimum Gasteiger partial charge on any atom is -0.506 e. The van der Waals surface area contributed by atoms with E-state index in [0.29, 0.717) is 5.69 Å². The molecule has 2 aromatic carbocycles. The Morgan fingerprint density at radius 1 is 1.23 bits per heavy atom. The molecule has 0 radical (unpaired) electrons. The van der Waals surface area contributed by atoms with E-state index in [4.69, 9.17) is 0 Å². The lowest BCUT2D eigenvalue weighted by atomic mass is 10.1. The summed E-state index contributed by atoms with van der Waals surface area (Å²) in [5.74, 6) is -1.25. The number of carbonyl (C=O) groups excluding carboxylic acids is 1. The number of aromatic nitrogens is 4. The van der Waals surface area contributed by atoms with E-state index < -0.39 is 11.7 Å². The van der Waals surface area contributed by atoms with Gasteiger partial charge in [0.05, 0.1) is 16.9 Å². The first kappa shape index (κ1) is 13.7. The summed E-state index contributed by atoms with van der Waals surface area (Å²) >= 11 is 0. The first-order valence-corrected chi connectivity index (χ1v) is 6.27. The minimum atomic E-state index is -0.591. The van der Waals surface area contributed by atoms with Crippen molar-refractivity contribution in [2.24, 2.45) is 0 Å². The van der Waals surface area contributed by atoms with Gasteiger partial charge in [0.25, 0.3) is 5.91 Å². The molecule has 0 aliphatic carbocycles. The van der Waals surface area contributed by atoms with Crippen molar-refractivity contribution in [3.8, 4) is 11.4 Å². The highest BCUT2D eigenvalue weighted by Crippen LogP contribution is 2.23. The fourth-order valence-corrected chi connectivity index (χ4v) is 1.93. The Balaban J connectivity index is 1.99. The summed E-state index contributed by atoms with van der Waals surface area (Å²) in [4.78, 5) is 12.4. The van der Waals surface area contributed by atoms with Gasteiger partial charge in [-0.2, -0.15) is 4.68 Å². The third kappa shape index (κ3) is 2.62. The van der Waals surface area contributed by atoms with Crippen molar-refractivity contribution in [2.75, 3.05) is 5.32 Å². The molecule has 0 bridgehead atoms. The Morgan fingerprint density at radius 2 is 2.05 bits per heavy atom. The van der Waals surface area contributed by atoms with Gasteiger partial charge < -0.3 is 10.4 Å². The van der Waals surface area contributed by atoms with Gasteiger partial charge in [0.15, 0.2) is 0 Å². The molecule has 2 N–H and O–H groups in total. The van der Waals surface area contributed by atoms with E-state index in [9.17, 15) is 14.3 Å². The number of benzene rings is 2. The van der Waals surface area contributed by atoms with Crippen molar-refractivity contribution >= 4 is 11.6 Å². The summed E-state index contributed by atoms with van der Waals surface area (Å²) in [5, 5.41) is 22.9. The average Bonchev–Trinajstić information content (AvgIpc) is 3.03. The Labute approximate surface area is 124 Å². The molecule has 1 heterocycles. The molecule has 0 unspecified atom stereocenters. The number of amides is 1. The zero-order chi connectivity index (χ0) is 15.5. The summed E-state index contributed by atoms with van der Waals surface area (Å²) in [6, 6.07) is 9.92. The fourth-order valence-electron chi connectivity index (χ4n) is 1.93. The molecule has 0 saturated carbocycles. The van der Waals surface area contributed by atoms with Gasteiger partial charge in [0, 0.05) is 0 Å². The first-order chi connectivity index (χ1) is 10.6. The van der Waals surface area contributed by atoms with Gasteiger partial charge in [-0.25, -0.2) is 4.39 Å². The number of hydrogen-bond acceptors (Lipinski definition) is 5. The molecule has 1 amide bonds. The normalized spacial score (nSPS) is 10.4. The molecule has 0 spiro atoms. The van der Waals surface area contributed by atoms with Gasteiger partial charge in [-0.1, -0.05) is 12.1 Å². The number of halogens is 1. The highest BCUT2D eigenvalue weighted by atomic mass is 19.1. The predicted molar refractivity (Wildman–Crippen MR) is 75.2 cm³/mol. The molecule has 3 aromatic rings. The topological polar surface area (TPSA) is 92.9 Å². The van der Waals surface area contributed by atoms with E-state index in [1.54, 1.807) is 12.1 Å². The number of aromatic hydroxyl groups is 1. The van der Waals surface area contributed by atoms with Crippen LogP contribution in [0.2, 0.25) is 0 Å². The second-order valence-electron chi connectivity index (χ2n) is 4.39. The van der Waals surface area contributed by atoms with Crippen LogP contribution in [0.4, 0.5) is 10.1 Å². The predicted octanol–water partition coefficient (Wildman–Crippen LogP) is 1.76. The molecule has 0 atom stereocenters. The second-order valence-corrected chi connectivity index (χ2v) is 4.39. The number of anilines is 1. The van der Waals surface area contributed by atoms with Gasteiger partial charge >= 0.3 is 0 Å². The fraction of sp³-hybridized carbons (Fsp3) is 0. The smallest absolute Gasteiger partial charge is 0.258 e. The summed E-state index contributed by atoms with van der Waals surface area (Å²) in [5.41, 5.74) is 0.578. The highest BCUT2D eigenvalue weighted by molar-refractivity contribution is 6.07. The maximum atomic E-state index is 13.5. The third-order valence-corrected chi connectivity index (χ3v) is 2.95. The van der Waals surface area contributed by atoms with Crippen LogP contribution in [0.3, 0.4) is 0 Å². The Kier molecular flexibility index (Phi) is 3.48. The number of rotatable bonds is 3. The van der Waals surface area contributed by atoms with Crippen molar-refractivity contribution in [3.63, 3.8) is 0 Å². The molecular weight excluding hydrogens is 289 g/mol. The zero-order valence-corrected chi connectivity index (χ0v) is 11.1. The molecule has 0 aliphatic heterocycles. The van der Waals surface area contributed by atoms with Crippen LogP contribution in [0, 0.1) is 5.82 Å². The van der Waals surface area contributed by atoms with Crippen LogP contribution in [-0.4, -0.2) is 31.2 Å². The maximum Gasteiger partial charge on any atom is 0.258 e. The second kappa shape index (κ2) is 5.60. The first-order valence-electron chi connectivity index (χ1n) is 6.27. The molecule has 7 nitrogen and oxygen atoms in total. The van der Waals surface area contributed by atoms with Crippen molar-refractivity contribution < 1.29 is 14.3 Å². The number of hydrogen-bond donors (Lipinski definition) is 2. The van der Waals surface area contributed by atoms with Crippen LogP contribution < -0.4 is 5.32 Å². The molecule has 1 aromatic heterocycles. The Hall–Kier alpha value is -3.29. The van der Waals surface area contributed by atoms with Crippen LogP contribution in [-0.2, 0) is 0 Å². The Morgan fingerprint density at radius 3 is 2.77 bits per heavy atom. The van der Waals surface area contributed by atoms with Gasteiger partial charge in [-0.3, -0.25) is 4.79 Å². The van der Waals surface area contributed by atoms with Crippen molar-refractivity contribution in [1.82, 2.24) is 20.2 Å². The van der Waals surface area contributed by atoms with Crippen LogP contribution in [0.5, 0.6) is 5.75 Å². The standard InChI is InChI=1S/C14H10FN5O2/c15-9-5-6-12(20-8-16-18-19-20)10(7-9)14(22)17-11-3-1-2-4-13(11)21/h1-8,21H,(H,17,22). The quantitative estimate of drug-likeness (QED) is 0.719. The lowest BCUT2D eigenvalue weighted by molar-refractivity contribution is 0.102. The summed E-state index contributed by atoms with van der Waals surface area (Å²) < 4.78 is 14.7. The monoisotopic (exact) mass is 299 g/mol. The minimum absolute atomic E-state index is 0.0375. The highest BCUT2D eigenvalue weighted by Gasteiger charge is 2.16. The van der Waals surface area contributed by atoms with Crippen molar-refractivity contribution in [3.05, 3.63) is 60.2 Å². The molecular formula is C14H10FN5O2. The molecule has 0 fully saturated rings. The number of nitrogens with zero attached hydrogens (tertiary/aromatic N) is 4. The van der Waals surface area contributed by atoms with E-state index in [1.165, 1.54) is 35.3 Å². The van der Waals surface area contributed by atoms with E-state index in [1.807, 2.05) is 0 Å². The van der Waals surface area contributed by atoms with E-state index in [0.717, 1.165) is 6.07 Å². The number of tetrazole rings is 1. The van der Waals surface area contributed by atoms with Gasteiger partial charge in [0.1, 0.15) is 17.9 Å². The zero-order valence-electron chi connectivity index (χ0n) is 11.1. The van der Waals surface area contributed by atoms with Crippen LogP contribution in [0.25, 0.3) is 5.69 Å². The lowest BCUT2D eigenvalue weighted by Gasteiger charge is -2.10. The molecule has 110 valence electrons. The molecule has 22 heavy (non-hydrogen) atoms. The van der Waals surface area contributed by atoms with Crippen LogP contribution >= 0.6 is 0 Å². The number of carbonyl (C=O) groups is 1. The molecule has 3 rings (SSSR count). The summed E-state index contributed by atoms with van der Waals surface area (Å²) in [6.45, 7) is 0. The lowest BCUT2D eigenvalue weighted by Crippen LogP contribution is -2.16. The number of nitrogens with one attached hydrogen (secondary N) is 1. The van der Waals surface area contributed by atoms with E-state index in [-0.39, 0.29) is 17.0 Å². The SMILES string of the molecule is O=C(Nc1ccccc1O)c1cc(F)ccc1-n1cnnn1. The number of phenols is 1. The van der Waals surface area contributed by atoms with Crippen LogP contribution in [0.1, 0.15) is 10.4 Å². The summed E-state index contributed by atoms with van der Waals surface area (Å²) in [7, 11) is 0. The van der Waals surface area contributed by atoms with Crippen LogP contribution in [0.15, 0.2) is 48.8 Å². The molecule has 0 aliphatic rings. The number of phenolic OH excluding ortho intramolecular Hbond substituents is 1. The third-order valence-electron chi connectivity index (χ3n) is 2.95. The number of para-hydroxylation sites is 2. The molecule has 0 saturated heterocycles. The van der Waals surface area contributed by atoms with Gasteiger partial charge in [-0.15, -0.1) is 5.10 Å².